The van der Waals surface area contributed by atoms with Crippen LogP contribution in [0.25, 0.3) is 11.3 Å². The minimum Gasteiger partial charge on any atom is -0.497 e. The maximum Gasteiger partial charge on any atom is 0.356 e. The Morgan fingerprint density at radius 1 is 1.23 bits per heavy atom. The quantitative estimate of drug-likeness (QED) is 0.725. The van der Waals surface area contributed by atoms with Gasteiger partial charge < -0.3 is 9.47 Å². The molecule has 5 heteroatoms. The zero-order valence-electron chi connectivity index (χ0n) is 14.8. The maximum atomic E-state index is 12.3. The molecule has 0 radical (unpaired) electrons. The summed E-state index contributed by atoms with van der Waals surface area (Å²) in [5.41, 5.74) is 5.55. The highest BCUT2D eigenvalue weighted by Crippen LogP contribution is 2.44. The summed E-state index contributed by atoms with van der Waals surface area (Å²) in [6.07, 6.45) is 0.685. The number of hydrogen-bond acceptors (Lipinski definition) is 4. The molecule has 1 heterocycles. The van der Waals surface area contributed by atoms with Crippen molar-refractivity contribution in [2.45, 2.75) is 19.3 Å². The summed E-state index contributed by atoms with van der Waals surface area (Å²) in [5.74, 6) is 0.582. The number of ether oxygens (including phenoxy) is 2. The number of aromatic nitrogens is 2. The van der Waals surface area contributed by atoms with Gasteiger partial charge in [-0.05, 0) is 42.7 Å². The summed E-state index contributed by atoms with van der Waals surface area (Å²) in [5, 5.41) is 7.30. The molecule has 3 aromatic rings. The molecule has 0 fully saturated rings. The van der Waals surface area contributed by atoms with Crippen LogP contribution in [-0.4, -0.2) is 29.9 Å². The van der Waals surface area contributed by atoms with Crippen LogP contribution in [0.4, 0.5) is 0 Å². The first kappa shape index (κ1) is 16.4. The van der Waals surface area contributed by atoms with Gasteiger partial charge in [0.15, 0.2) is 0 Å². The molecule has 1 aliphatic carbocycles. The zero-order chi connectivity index (χ0) is 18.1. The second kappa shape index (κ2) is 6.67. The number of carbonyl (C=O) groups is 1. The molecular weight excluding hydrogens is 328 g/mol. The van der Waals surface area contributed by atoms with Crippen LogP contribution in [0.15, 0.2) is 48.5 Å². The first-order chi connectivity index (χ1) is 12.7. The number of fused-ring (bicyclic) bond motifs is 3. The van der Waals surface area contributed by atoms with Gasteiger partial charge in [0.2, 0.25) is 0 Å². The number of benzene rings is 2. The Morgan fingerprint density at radius 3 is 2.77 bits per heavy atom. The van der Waals surface area contributed by atoms with Gasteiger partial charge in [-0.2, -0.15) is 5.10 Å². The Kier molecular flexibility index (Phi) is 4.21. The van der Waals surface area contributed by atoms with E-state index in [1.807, 2.05) is 30.3 Å². The van der Waals surface area contributed by atoms with E-state index in [0.29, 0.717) is 18.7 Å². The Labute approximate surface area is 152 Å². The highest BCUT2D eigenvalue weighted by Gasteiger charge is 2.32. The maximum absolute atomic E-state index is 12.3. The molecule has 0 saturated carbocycles. The van der Waals surface area contributed by atoms with Crippen molar-refractivity contribution in [3.05, 3.63) is 70.9 Å². The van der Waals surface area contributed by atoms with Crippen molar-refractivity contribution in [2.75, 3.05) is 13.7 Å². The lowest BCUT2D eigenvalue weighted by Gasteiger charge is -2.26. The number of hydrogen-bond donors (Lipinski definition) is 1. The summed E-state index contributed by atoms with van der Waals surface area (Å²) in [7, 11) is 1.67. The first-order valence-corrected chi connectivity index (χ1v) is 8.70. The largest absolute Gasteiger partial charge is 0.497 e. The van der Waals surface area contributed by atoms with Gasteiger partial charge in [-0.3, -0.25) is 5.10 Å². The monoisotopic (exact) mass is 348 g/mol. The van der Waals surface area contributed by atoms with E-state index < -0.39 is 0 Å². The molecule has 0 bridgehead atoms. The van der Waals surface area contributed by atoms with Crippen LogP contribution in [0.5, 0.6) is 5.75 Å². The van der Waals surface area contributed by atoms with Crippen molar-refractivity contribution in [3.8, 4) is 17.0 Å². The Balaban J connectivity index is 1.88. The highest BCUT2D eigenvalue weighted by atomic mass is 16.5. The second-order valence-corrected chi connectivity index (χ2v) is 6.27. The van der Waals surface area contributed by atoms with Crippen molar-refractivity contribution in [1.29, 1.82) is 0 Å². The fraction of sp³-hybridized carbons (Fsp3) is 0.238. The smallest absolute Gasteiger partial charge is 0.356 e. The lowest BCUT2D eigenvalue weighted by molar-refractivity contribution is 0.0518. The van der Waals surface area contributed by atoms with Crippen LogP contribution in [0.1, 0.15) is 40.0 Å². The van der Waals surface area contributed by atoms with Crippen LogP contribution >= 0.6 is 0 Å². The summed E-state index contributed by atoms with van der Waals surface area (Å²) in [6.45, 7) is 2.14. The lowest BCUT2D eigenvalue weighted by Crippen LogP contribution is -2.15. The molecule has 0 spiro atoms. The molecule has 0 aliphatic heterocycles. The third kappa shape index (κ3) is 2.65. The third-order valence-electron chi connectivity index (χ3n) is 4.85. The van der Waals surface area contributed by atoms with Crippen LogP contribution in [-0.2, 0) is 11.2 Å². The molecule has 1 N–H and O–H groups in total. The van der Waals surface area contributed by atoms with E-state index in [-0.39, 0.29) is 11.9 Å². The highest BCUT2D eigenvalue weighted by molar-refractivity contribution is 5.92. The van der Waals surface area contributed by atoms with E-state index >= 15 is 0 Å². The van der Waals surface area contributed by atoms with E-state index in [1.54, 1.807) is 14.0 Å². The van der Waals surface area contributed by atoms with Crippen molar-refractivity contribution in [2.24, 2.45) is 0 Å². The molecule has 0 amide bonds. The molecule has 1 aliphatic rings. The third-order valence-corrected chi connectivity index (χ3v) is 4.85. The number of H-pyrrole nitrogens is 1. The van der Waals surface area contributed by atoms with E-state index in [0.717, 1.165) is 28.1 Å². The van der Waals surface area contributed by atoms with Gasteiger partial charge in [-0.25, -0.2) is 4.79 Å². The van der Waals surface area contributed by atoms with E-state index in [1.165, 1.54) is 5.56 Å². The molecule has 4 rings (SSSR count). The van der Waals surface area contributed by atoms with Gasteiger partial charge in [0.05, 0.1) is 19.4 Å². The number of rotatable bonds is 4. The van der Waals surface area contributed by atoms with E-state index in [2.05, 4.69) is 28.4 Å². The van der Waals surface area contributed by atoms with Crippen molar-refractivity contribution in [3.63, 3.8) is 0 Å². The van der Waals surface area contributed by atoms with E-state index in [4.69, 9.17) is 9.47 Å². The molecule has 1 aromatic heterocycles. The Bertz CT molecular complexity index is 947. The number of methoxy groups -OCH3 is 1. The molecule has 2 aromatic carbocycles. The van der Waals surface area contributed by atoms with Crippen molar-refractivity contribution in [1.82, 2.24) is 10.2 Å². The minimum absolute atomic E-state index is 0.125. The average Bonchev–Trinajstić information content (AvgIpc) is 3.12. The fourth-order valence-electron chi connectivity index (χ4n) is 3.63. The molecule has 26 heavy (non-hydrogen) atoms. The van der Waals surface area contributed by atoms with Gasteiger partial charge in [0.1, 0.15) is 11.4 Å². The molecule has 1 unspecified atom stereocenters. The van der Waals surface area contributed by atoms with Gasteiger partial charge in [-0.1, -0.05) is 30.3 Å². The predicted molar refractivity (Wildman–Crippen MR) is 98.5 cm³/mol. The predicted octanol–water partition coefficient (Wildman–Crippen LogP) is 3.95. The summed E-state index contributed by atoms with van der Waals surface area (Å²) >= 11 is 0. The van der Waals surface area contributed by atoms with Crippen LogP contribution in [0.2, 0.25) is 0 Å². The second-order valence-electron chi connectivity index (χ2n) is 6.27. The SMILES string of the molecule is CCOC(=O)c1[nH]nc2c1CC(c1ccccc1)c1cc(OC)ccc1-2. The molecule has 5 nitrogen and oxygen atoms in total. The average molecular weight is 348 g/mol. The molecular formula is C21H20N2O3. The Morgan fingerprint density at radius 2 is 2.04 bits per heavy atom. The lowest BCUT2D eigenvalue weighted by atomic mass is 9.77. The number of nitrogens with zero attached hydrogens (tertiary/aromatic N) is 1. The standard InChI is InChI=1S/C21H20N2O3/c1-3-26-21(24)20-18-12-16(13-7-5-4-6-8-13)17-11-14(25-2)9-10-15(17)19(18)22-23-20/h4-11,16H,3,12H2,1-2H3,(H,22,23). The Hall–Kier alpha value is -3.08. The molecule has 132 valence electrons. The molecule has 1 atom stereocenters. The number of carbonyl (C=O) groups excluding carboxylic acids is 1. The van der Waals surface area contributed by atoms with Gasteiger partial charge in [-0.15, -0.1) is 0 Å². The summed E-state index contributed by atoms with van der Waals surface area (Å²) in [6, 6.07) is 16.3. The van der Waals surface area contributed by atoms with Gasteiger partial charge >= 0.3 is 5.97 Å². The summed E-state index contributed by atoms with van der Waals surface area (Å²) < 4.78 is 10.6. The first-order valence-electron chi connectivity index (χ1n) is 8.70. The van der Waals surface area contributed by atoms with Gasteiger partial charge in [0.25, 0.3) is 0 Å². The van der Waals surface area contributed by atoms with Crippen LogP contribution in [0, 0.1) is 0 Å². The van der Waals surface area contributed by atoms with Crippen LogP contribution in [0.3, 0.4) is 0 Å². The number of aromatic amines is 1. The van der Waals surface area contributed by atoms with Crippen LogP contribution < -0.4 is 4.74 Å². The van der Waals surface area contributed by atoms with E-state index in [9.17, 15) is 4.79 Å². The normalized spacial score (nSPS) is 15.1. The fourth-order valence-corrected chi connectivity index (χ4v) is 3.63. The van der Waals surface area contributed by atoms with Crippen molar-refractivity contribution >= 4 is 5.97 Å². The zero-order valence-corrected chi connectivity index (χ0v) is 14.8. The number of esters is 1. The topological polar surface area (TPSA) is 64.2 Å². The van der Waals surface area contributed by atoms with Crippen molar-refractivity contribution < 1.29 is 14.3 Å². The van der Waals surface area contributed by atoms with Gasteiger partial charge in [0, 0.05) is 17.0 Å². The minimum atomic E-state index is -0.356. The summed E-state index contributed by atoms with van der Waals surface area (Å²) in [4.78, 5) is 12.3. The molecule has 0 saturated heterocycles. The number of nitrogens with one attached hydrogen (secondary N) is 1.